The maximum Gasteiger partial charge on any atom is 0.241 e. The van der Waals surface area contributed by atoms with Crippen molar-refractivity contribution in [2.24, 2.45) is 5.92 Å². The van der Waals surface area contributed by atoms with E-state index in [1.807, 2.05) is 26.0 Å². The maximum atomic E-state index is 12.6. The third kappa shape index (κ3) is 4.26. The van der Waals surface area contributed by atoms with Crippen LogP contribution in [0, 0.1) is 19.8 Å². The van der Waals surface area contributed by atoms with Gasteiger partial charge in [0.15, 0.2) is 5.13 Å². The van der Waals surface area contributed by atoms with Crippen LogP contribution in [0.2, 0.25) is 0 Å². The van der Waals surface area contributed by atoms with Crippen LogP contribution in [0.25, 0.3) is 11.4 Å². The second-order valence-electron chi connectivity index (χ2n) is 6.97. The number of piperidine rings is 1. The summed E-state index contributed by atoms with van der Waals surface area (Å²) in [6, 6.07) is 3.69. The number of anilines is 1. The second kappa shape index (κ2) is 8.15. The van der Waals surface area contributed by atoms with Crippen molar-refractivity contribution < 1.29 is 9.32 Å². The van der Waals surface area contributed by atoms with Crippen molar-refractivity contribution in [3.05, 3.63) is 41.0 Å². The Kier molecular flexibility index (Phi) is 5.45. The number of amides is 1. The highest BCUT2D eigenvalue weighted by Crippen LogP contribution is 2.24. The van der Waals surface area contributed by atoms with Crippen LogP contribution in [0.3, 0.4) is 0 Å². The zero-order valence-corrected chi connectivity index (χ0v) is 16.7. The molecule has 4 heterocycles. The molecule has 1 aliphatic rings. The van der Waals surface area contributed by atoms with Crippen molar-refractivity contribution in [1.29, 1.82) is 0 Å². The molecule has 1 N–H and O–H groups in total. The highest BCUT2D eigenvalue weighted by atomic mass is 32.1. The van der Waals surface area contributed by atoms with Gasteiger partial charge in [0.25, 0.3) is 0 Å². The largest absolute Gasteiger partial charge is 0.338 e. The SMILES string of the molecule is Cc1nc(NC(=O)[C@@H]2CCCN(Cc3nc(-c4ccncc4)no3)C2)sc1C. The summed E-state index contributed by atoms with van der Waals surface area (Å²) in [6.07, 6.45) is 5.23. The molecule has 28 heavy (non-hydrogen) atoms. The van der Waals surface area contributed by atoms with Gasteiger partial charge in [-0.3, -0.25) is 14.7 Å². The number of carbonyl (C=O) groups is 1. The summed E-state index contributed by atoms with van der Waals surface area (Å²) in [5, 5.41) is 7.69. The second-order valence-corrected chi connectivity index (χ2v) is 8.17. The average Bonchev–Trinajstić information content (AvgIpc) is 3.29. The average molecular weight is 398 g/mol. The highest BCUT2D eigenvalue weighted by Gasteiger charge is 2.27. The number of pyridine rings is 1. The first-order valence-corrected chi connectivity index (χ1v) is 10.1. The highest BCUT2D eigenvalue weighted by molar-refractivity contribution is 7.15. The van der Waals surface area contributed by atoms with Gasteiger partial charge in [0.05, 0.1) is 18.2 Å². The number of nitrogens with zero attached hydrogens (tertiary/aromatic N) is 5. The van der Waals surface area contributed by atoms with Gasteiger partial charge in [0.2, 0.25) is 17.6 Å². The third-order valence-corrected chi connectivity index (χ3v) is 5.89. The molecule has 0 aliphatic carbocycles. The van der Waals surface area contributed by atoms with Gasteiger partial charge in [0, 0.05) is 29.4 Å². The van der Waals surface area contributed by atoms with Crippen LogP contribution in [-0.4, -0.2) is 44.0 Å². The molecule has 1 fully saturated rings. The molecule has 1 saturated heterocycles. The first kappa shape index (κ1) is 18.7. The van der Waals surface area contributed by atoms with E-state index < -0.39 is 0 Å². The molecule has 3 aromatic heterocycles. The molecule has 3 aromatic rings. The normalized spacial score (nSPS) is 17.6. The summed E-state index contributed by atoms with van der Waals surface area (Å²) in [5.41, 5.74) is 1.84. The van der Waals surface area contributed by atoms with Gasteiger partial charge >= 0.3 is 0 Å². The van der Waals surface area contributed by atoms with Crippen molar-refractivity contribution >= 4 is 22.4 Å². The first-order valence-electron chi connectivity index (χ1n) is 9.28. The van der Waals surface area contributed by atoms with Crippen molar-refractivity contribution in [3.8, 4) is 11.4 Å². The Morgan fingerprint density at radius 2 is 2.14 bits per heavy atom. The van der Waals surface area contributed by atoms with Crippen LogP contribution in [0.4, 0.5) is 5.13 Å². The van der Waals surface area contributed by atoms with E-state index in [9.17, 15) is 4.79 Å². The predicted octanol–water partition coefficient (Wildman–Crippen LogP) is 3.06. The number of aryl methyl sites for hydroxylation is 2. The van der Waals surface area contributed by atoms with Crippen LogP contribution < -0.4 is 5.32 Å². The van der Waals surface area contributed by atoms with Crippen molar-refractivity contribution in [2.45, 2.75) is 33.2 Å². The van der Waals surface area contributed by atoms with Crippen LogP contribution in [-0.2, 0) is 11.3 Å². The van der Waals surface area contributed by atoms with Gasteiger partial charge < -0.3 is 9.84 Å². The zero-order valence-electron chi connectivity index (χ0n) is 15.9. The molecule has 9 heteroatoms. The van der Waals surface area contributed by atoms with Gasteiger partial charge in [-0.15, -0.1) is 11.3 Å². The molecule has 0 spiro atoms. The van der Waals surface area contributed by atoms with E-state index in [1.54, 1.807) is 12.4 Å². The fraction of sp³-hybridized carbons (Fsp3) is 0.421. The maximum absolute atomic E-state index is 12.6. The molecule has 0 bridgehead atoms. The molecular weight excluding hydrogens is 376 g/mol. The number of carbonyl (C=O) groups excluding carboxylic acids is 1. The van der Waals surface area contributed by atoms with Crippen molar-refractivity contribution in [1.82, 2.24) is 25.0 Å². The van der Waals surface area contributed by atoms with Crippen molar-refractivity contribution in [2.75, 3.05) is 18.4 Å². The van der Waals surface area contributed by atoms with Gasteiger partial charge in [-0.05, 0) is 45.4 Å². The van der Waals surface area contributed by atoms with Gasteiger partial charge in [-0.1, -0.05) is 5.16 Å². The Bertz CT molecular complexity index is 935. The molecule has 4 rings (SSSR count). The Balaban J connectivity index is 1.36. The Labute approximate surface area is 167 Å². The van der Waals surface area contributed by atoms with Crippen LogP contribution in [0.5, 0.6) is 0 Å². The lowest BCUT2D eigenvalue weighted by Gasteiger charge is -2.30. The molecule has 0 unspecified atom stereocenters. The molecule has 1 amide bonds. The summed E-state index contributed by atoms with van der Waals surface area (Å²) >= 11 is 1.52. The molecule has 1 atom stereocenters. The minimum Gasteiger partial charge on any atom is -0.338 e. The van der Waals surface area contributed by atoms with E-state index in [0.29, 0.717) is 29.9 Å². The summed E-state index contributed by atoms with van der Waals surface area (Å²) in [7, 11) is 0. The van der Waals surface area contributed by atoms with E-state index in [0.717, 1.165) is 35.5 Å². The molecule has 0 aromatic carbocycles. The fourth-order valence-corrected chi connectivity index (χ4v) is 4.09. The third-order valence-electron chi connectivity index (χ3n) is 4.90. The summed E-state index contributed by atoms with van der Waals surface area (Å²) in [4.78, 5) is 28.8. The lowest BCUT2D eigenvalue weighted by molar-refractivity contribution is -0.121. The number of likely N-dealkylation sites (tertiary alicyclic amines) is 1. The molecular formula is C19H22N6O2S. The molecule has 8 nitrogen and oxygen atoms in total. The smallest absolute Gasteiger partial charge is 0.241 e. The number of rotatable bonds is 5. The van der Waals surface area contributed by atoms with E-state index in [2.05, 4.69) is 30.3 Å². The Morgan fingerprint density at radius 3 is 2.89 bits per heavy atom. The topological polar surface area (TPSA) is 97.0 Å². The quantitative estimate of drug-likeness (QED) is 0.705. The number of hydrogen-bond donors (Lipinski definition) is 1. The van der Waals surface area contributed by atoms with Gasteiger partial charge in [0.1, 0.15) is 0 Å². The summed E-state index contributed by atoms with van der Waals surface area (Å²) in [5.74, 6) is 1.07. The predicted molar refractivity (Wildman–Crippen MR) is 106 cm³/mol. The van der Waals surface area contributed by atoms with E-state index in [4.69, 9.17) is 4.52 Å². The van der Waals surface area contributed by atoms with Crippen LogP contribution >= 0.6 is 11.3 Å². The van der Waals surface area contributed by atoms with Crippen LogP contribution in [0.15, 0.2) is 29.0 Å². The zero-order chi connectivity index (χ0) is 19.5. The monoisotopic (exact) mass is 398 g/mol. The Morgan fingerprint density at radius 1 is 1.32 bits per heavy atom. The van der Waals surface area contributed by atoms with Gasteiger partial charge in [-0.2, -0.15) is 4.98 Å². The number of aromatic nitrogens is 4. The van der Waals surface area contributed by atoms with Crippen molar-refractivity contribution in [3.63, 3.8) is 0 Å². The fourth-order valence-electron chi connectivity index (χ4n) is 3.28. The van der Waals surface area contributed by atoms with E-state index in [1.165, 1.54) is 11.3 Å². The minimum absolute atomic E-state index is 0.0291. The number of thiazole rings is 1. The molecule has 1 aliphatic heterocycles. The van der Waals surface area contributed by atoms with Gasteiger partial charge in [-0.25, -0.2) is 4.98 Å². The minimum atomic E-state index is -0.0687. The van der Waals surface area contributed by atoms with Crippen LogP contribution in [0.1, 0.15) is 29.3 Å². The lowest BCUT2D eigenvalue weighted by Crippen LogP contribution is -2.40. The summed E-state index contributed by atoms with van der Waals surface area (Å²) in [6.45, 7) is 6.08. The van der Waals surface area contributed by atoms with E-state index in [-0.39, 0.29) is 11.8 Å². The molecule has 146 valence electrons. The molecule has 0 radical (unpaired) electrons. The number of hydrogen-bond acceptors (Lipinski definition) is 8. The molecule has 0 saturated carbocycles. The standard InChI is InChI=1S/C19H22N6O2S/c1-12-13(2)28-19(21-12)23-18(26)15-4-3-9-25(10-15)11-16-22-17(24-27-16)14-5-7-20-8-6-14/h5-8,15H,3-4,9-11H2,1-2H3,(H,21,23,26)/t15-/m1/s1. The first-order chi connectivity index (χ1) is 13.6. The lowest BCUT2D eigenvalue weighted by atomic mass is 9.97. The Hall–Kier alpha value is -2.65. The summed E-state index contributed by atoms with van der Waals surface area (Å²) < 4.78 is 5.40. The number of nitrogens with one attached hydrogen (secondary N) is 1. The van der Waals surface area contributed by atoms with E-state index >= 15 is 0 Å².